The Morgan fingerprint density at radius 2 is 1.89 bits per heavy atom. The summed E-state index contributed by atoms with van der Waals surface area (Å²) in [4.78, 5) is 51.1. The van der Waals surface area contributed by atoms with E-state index in [1.807, 2.05) is 0 Å². The van der Waals surface area contributed by atoms with Crippen LogP contribution in [0.4, 0.5) is 5.82 Å². The number of esters is 1. The number of methoxy groups -OCH3 is 1. The van der Waals surface area contributed by atoms with Gasteiger partial charge in [0.2, 0.25) is 0 Å². The molecular formula is C32H40N7O12PS. The molecule has 21 heteroatoms. The van der Waals surface area contributed by atoms with E-state index >= 15 is 0 Å². The zero-order chi connectivity index (χ0) is 37.5. The van der Waals surface area contributed by atoms with Crippen molar-refractivity contribution in [2.75, 3.05) is 38.4 Å². The lowest BCUT2D eigenvalue weighted by atomic mass is 10.1. The molecule has 19 nitrogen and oxygen atoms in total. The van der Waals surface area contributed by atoms with Gasteiger partial charge in [-0.1, -0.05) is 18.2 Å². The van der Waals surface area contributed by atoms with Crippen LogP contribution in [-0.2, 0) is 32.6 Å². The first-order chi connectivity index (χ1) is 25.6. The third-order valence-electron chi connectivity index (χ3n) is 8.69. The predicted octanol–water partition coefficient (Wildman–Crippen LogP) is 1.78. The SMILES string of the molecule is COC1C(OP(=O)(OC[C@H]2O[C@@H](n3cnc4c(N)ncnc43)CC2O)SCCCCCOC(=O)c2ccccc2)[C@@H](CO)O[C@H]1n1ccc(=O)[nH]c1=O. The van der Waals surface area contributed by atoms with Gasteiger partial charge in [0.25, 0.3) is 5.56 Å². The fourth-order valence-electron chi connectivity index (χ4n) is 5.99. The Balaban J connectivity index is 1.12. The molecule has 4 unspecified atom stereocenters. The van der Waals surface area contributed by atoms with Gasteiger partial charge < -0.3 is 34.9 Å². The van der Waals surface area contributed by atoms with Gasteiger partial charge in [-0.05, 0) is 42.8 Å². The number of aliphatic hydroxyl groups excluding tert-OH is 2. The maximum Gasteiger partial charge on any atom is 0.389 e. The summed E-state index contributed by atoms with van der Waals surface area (Å²) < 4.78 is 52.3. The average molecular weight is 778 g/mol. The van der Waals surface area contributed by atoms with E-state index in [1.165, 1.54) is 26.0 Å². The molecule has 53 heavy (non-hydrogen) atoms. The first kappa shape index (κ1) is 38.7. The maximum absolute atomic E-state index is 14.5. The minimum absolute atomic E-state index is 0.140. The van der Waals surface area contributed by atoms with Gasteiger partial charge in [0.05, 0.1) is 37.8 Å². The molecule has 0 aliphatic carbocycles. The number of nitrogen functional groups attached to an aromatic ring is 1. The number of imidazole rings is 1. The van der Waals surface area contributed by atoms with Gasteiger partial charge in [-0.25, -0.2) is 29.1 Å². The fourth-order valence-corrected chi connectivity index (χ4v) is 9.57. The van der Waals surface area contributed by atoms with Gasteiger partial charge in [-0.15, -0.1) is 0 Å². The van der Waals surface area contributed by atoms with E-state index in [4.69, 9.17) is 33.7 Å². The van der Waals surface area contributed by atoms with Gasteiger partial charge >= 0.3 is 18.5 Å². The lowest BCUT2D eigenvalue weighted by molar-refractivity contribution is -0.0625. The number of benzene rings is 1. The van der Waals surface area contributed by atoms with E-state index in [2.05, 4.69) is 19.9 Å². The number of nitrogens with zero attached hydrogens (tertiary/aromatic N) is 5. The van der Waals surface area contributed by atoms with Crippen molar-refractivity contribution in [1.29, 1.82) is 0 Å². The molecule has 0 saturated carbocycles. The fraction of sp³-hybridized carbons (Fsp3) is 0.500. The number of nitrogens with one attached hydrogen (secondary N) is 1. The summed E-state index contributed by atoms with van der Waals surface area (Å²) in [6.07, 6.45) is -1.36. The Bertz CT molecular complexity index is 2020. The first-order valence-electron chi connectivity index (χ1n) is 16.8. The average Bonchev–Trinajstić information content (AvgIpc) is 3.85. The Labute approximate surface area is 306 Å². The van der Waals surface area contributed by atoms with Gasteiger partial charge in [-0.2, -0.15) is 0 Å². The van der Waals surface area contributed by atoms with Crippen LogP contribution in [0.25, 0.3) is 11.2 Å². The molecule has 4 aromatic rings. The minimum atomic E-state index is -4.16. The Kier molecular flexibility index (Phi) is 12.7. The number of hydrogen-bond donors (Lipinski definition) is 4. The highest BCUT2D eigenvalue weighted by Crippen LogP contribution is 2.63. The van der Waals surface area contributed by atoms with Crippen molar-refractivity contribution >= 4 is 41.1 Å². The topological polar surface area (TPSA) is 254 Å². The number of carbonyl (C=O) groups excluding carboxylic acids is 1. The number of aliphatic hydroxyl groups is 2. The van der Waals surface area contributed by atoms with Crippen LogP contribution in [0.3, 0.4) is 0 Å². The van der Waals surface area contributed by atoms with Crippen molar-refractivity contribution in [3.05, 3.63) is 81.7 Å². The highest BCUT2D eigenvalue weighted by Gasteiger charge is 2.50. The molecule has 0 spiro atoms. The number of unbranched alkanes of at least 4 members (excludes halogenated alkanes) is 2. The van der Waals surface area contributed by atoms with Crippen LogP contribution >= 0.6 is 18.2 Å². The highest BCUT2D eigenvalue weighted by molar-refractivity contribution is 8.55. The molecule has 1 aromatic carbocycles. The molecule has 0 bridgehead atoms. The second-order valence-corrected chi connectivity index (χ2v) is 16.3. The molecule has 6 rings (SSSR count). The van der Waals surface area contributed by atoms with E-state index in [1.54, 1.807) is 34.9 Å². The number of H-pyrrole nitrogens is 1. The summed E-state index contributed by atoms with van der Waals surface area (Å²) in [6, 6.07) is 9.77. The van der Waals surface area contributed by atoms with Crippen molar-refractivity contribution in [2.45, 2.75) is 68.7 Å². The quantitative estimate of drug-likeness (QED) is 0.0677. The maximum atomic E-state index is 14.5. The predicted molar refractivity (Wildman–Crippen MR) is 189 cm³/mol. The molecule has 8 atom stereocenters. The second-order valence-electron chi connectivity index (χ2n) is 12.2. The summed E-state index contributed by atoms with van der Waals surface area (Å²) in [7, 11) is 1.33. The van der Waals surface area contributed by atoms with Crippen molar-refractivity contribution < 1.29 is 47.6 Å². The number of aromatic nitrogens is 6. The molecule has 5 N–H and O–H groups in total. The van der Waals surface area contributed by atoms with Gasteiger partial charge in [0.15, 0.2) is 17.7 Å². The van der Waals surface area contributed by atoms with Crippen molar-refractivity contribution in [3.63, 3.8) is 0 Å². The van der Waals surface area contributed by atoms with Crippen LogP contribution in [0.1, 0.15) is 48.5 Å². The summed E-state index contributed by atoms with van der Waals surface area (Å²) in [6.45, 7) is -4.90. The third-order valence-corrected chi connectivity index (χ3v) is 12.5. The van der Waals surface area contributed by atoms with Gasteiger partial charge in [0, 0.05) is 31.5 Å². The summed E-state index contributed by atoms with van der Waals surface area (Å²) in [5.74, 6) is 0.0611. The molecule has 0 radical (unpaired) electrons. The van der Waals surface area contributed by atoms with Crippen LogP contribution in [0.2, 0.25) is 0 Å². The standard InChI is InChI=1S/C32H40N7O12PS/c1-46-27-26(21(15-40)50-30(27)38-11-10-23(42)37-32(38)44)51-52(45,53-13-7-3-6-12-47-31(43)19-8-4-2-5-9-19)48-16-22-20(41)14-24(49-22)39-18-36-25-28(33)34-17-35-29(25)39/h2,4-5,8-11,17-18,20-22,24,26-27,30,40-41H,3,6-7,12-16H2,1H3,(H2,33,34,35)(H,37,42,44)/t20?,21-,22-,24-,26?,27?,30-,52?/m1/s1. The second kappa shape index (κ2) is 17.4. The van der Waals surface area contributed by atoms with E-state index in [0.717, 1.165) is 22.0 Å². The van der Waals surface area contributed by atoms with Crippen LogP contribution in [0.15, 0.2) is 64.8 Å². The summed E-state index contributed by atoms with van der Waals surface area (Å²) >= 11 is 0.897. The molecule has 3 aromatic heterocycles. The van der Waals surface area contributed by atoms with Crippen molar-refractivity contribution in [3.8, 4) is 0 Å². The summed E-state index contributed by atoms with van der Waals surface area (Å²) in [5, 5.41) is 21.2. The molecule has 2 aliphatic rings. The number of anilines is 1. The Morgan fingerprint density at radius 3 is 2.64 bits per heavy atom. The molecule has 5 heterocycles. The van der Waals surface area contributed by atoms with E-state index in [0.29, 0.717) is 41.7 Å². The van der Waals surface area contributed by atoms with Crippen molar-refractivity contribution in [1.82, 2.24) is 29.1 Å². The van der Waals surface area contributed by atoms with Crippen LogP contribution in [0, 0.1) is 0 Å². The molecular weight excluding hydrogens is 737 g/mol. The normalized spacial score (nSPS) is 25.5. The van der Waals surface area contributed by atoms with E-state index < -0.39 is 73.6 Å². The van der Waals surface area contributed by atoms with Crippen LogP contribution in [0.5, 0.6) is 0 Å². The Hall–Kier alpha value is -3.98. The Morgan fingerprint density at radius 1 is 1.08 bits per heavy atom. The smallest absolute Gasteiger partial charge is 0.389 e. The van der Waals surface area contributed by atoms with Crippen LogP contribution < -0.4 is 17.0 Å². The molecule has 0 amide bonds. The van der Waals surface area contributed by atoms with E-state index in [-0.39, 0.29) is 25.5 Å². The molecule has 2 saturated heterocycles. The number of nitrogens with two attached hydrogens (primary N) is 1. The number of rotatable bonds is 17. The first-order valence-corrected chi connectivity index (χ1v) is 19.9. The zero-order valence-electron chi connectivity index (χ0n) is 28.5. The van der Waals surface area contributed by atoms with Gasteiger partial charge in [-0.3, -0.25) is 28.0 Å². The number of ether oxygens (including phenoxy) is 4. The zero-order valence-corrected chi connectivity index (χ0v) is 30.3. The third kappa shape index (κ3) is 9.05. The van der Waals surface area contributed by atoms with Crippen molar-refractivity contribution in [2.24, 2.45) is 0 Å². The minimum Gasteiger partial charge on any atom is -0.462 e. The monoisotopic (exact) mass is 777 g/mol. The number of fused-ring (bicyclic) bond motifs is 1. The number of aromatic amines is 1. The molecule has 2 aliphatic heterocycles. The summed E-state index contributed by atoms with van der Waals surface area (Å²) in [5.41, 5.74) is 5.76. The number of carbonyl (C=O) groups is 1. The lowest BCUT2D eigenvalue weighted by Crippen LogP contribution is -2.39. The highest BCUT2D eigenvalue weighted by atomic mass is 32.7. The van der Waals surface area contributed by atoms with Gasteiger partial charge in [0.1, 0.15) is 42.5 Å². The largest absolute Gasteiger partial charge is 0.462 e. The molecule has 2 fully saturated rings. The van der Waals surface area contributed by atoms with E-state index in [9.17, 15) is 29.2 Å². The molecule has 286 valence electrons. The van der Waals surface area contributed by atoms with Crippen LogP contribution in [-0.4, -0.2) is 108 Å². The number of hydrogen-bond acceptors (Lipinski definition) is 17. The lowest BCUT2D eigenvalue weighted by Gasteiger charge is -2.28.